The van der Waals surface area contributed by atoms with E-state index in [1.54, 1.807) is 0 Å². The van der Waals surface area contributed by atoms with Gasteiger partial charge in [0.15, 0.2) is 0 Å². The van der Waals surface area contributed by atoms with E-state index in [0.717, 1.165) is 29.7 Å². The van der Waals surface area contributed by atoms with Crippen LogP contribution in [0.4, 0.5) is 5.13 Å². The molecule has 1 saturated carbocycles. The molecule has 1 aromatic rings. The molecule has 72 valence electrons. The lowest BCUT2D eigenvalue weighted by Gasteiger charge is -1.96. The summed E-state index contributed by atoms with van der Waals surface area (Å²) in [5.41, 5.74) is 0. The molecule has 1 aromatic heterocycles. The summed E-state index contributed by atoms with van der Waals surface area (Å²) >= 11 is 1.49. The fourth-order valence-electron chi connectivity index (χ4n) is 1.32. The first-order valence-electron chi connectivity index (χ1n) is 4.88. The van der Waals surface area contributed by atoms with E-state index in [0.29, 0.717) is 6.04 Å². The zero-order valence-electron chi connectivity index (χ0n) is 8.08. The summed E-state index contributed by atoms with van der Waals surface area (Å²) in [6.45, 7) is 4.41. The molecule has 1 N–H and O–H groups in total. The predicted molar refractivity (Wildman–Crippen MR) is 55.1 cm³/mol. The quantitative estimate of drug-likeness (QED) is 0.805. The van der Waals surface area contributed by atoms with Crippen molar-refractivity contribution in [2.75, 3.05) is 5.32 Å². The van der Waals surface area contributed by atoms with Crippen molar-refractivity contribution in [3.05, 3.63) is 5.82 Å². The van der Waals surface area contributed by atoms with Crippen molar-refractivity contribution in [3.63, 3.8) is 0 Å². The first kappa shape index (κ1) is 8.94. The largest absolute Gasteiger partial charge is 0.357 e. The summed E-state index contributed by atoms with van der Waals surface area (Å²) in [4.78, 5) is 4.41. The van der Waals surface area contributed by atoms with Crippen molar-refractivity contribution in [2.24, 2.45) is 5.92 Å². The van der Waals surface area contributed by atoms with Gasteiger partial charge in [0.05, 0.1) is 0 Å². The van der Waals surface area contributed by atoms with Crippen LogP contribution in [0, 0.1) is 5.92 Å². The average molecular weight is 197 g/mol. The molecule has 0 spiro atoms. The molecule has 2 atom stereocenters. The molecule has 1 heterocycles. The number of aromatic nitrogens is 2. The molecule has 0 saturated heterocycles. The third kappa shape index (κ3) is 2.18. The maximum Gasteiger partial charge on any atom is 0.202 e. The fourth-order valence-corrected chi connectivity index (χ4v) is 1.99. The monoisotopic (exact) mass is 197 g/mol. The van der Waals surface area contributed by atoms with Gasteiger partial charge in [-0.1, -0.05) is 13.8 Å². The van der Waals surface area contributed by atoms with Crippen molar-refractivity contribution >= 4 is 16.7 Å². The minimum atomic E-state index is 0.655. The third-order valence-electron chi connectivity index (χ3n) is 2.36. The van der Waals surface area contributed by atoms with Crippen LogP contribution in [0.5, 0.6) is 0 Å². The molecule has 3 nitrogen and oxygen atoms in total. The summed E-state index contributed by atoms with van der Waals surface area (Å²) in [6, 6.07) is 0.655. The van der Waals surface area contributed by atoms with E-state index in [1.165, 1.54) is 18.0 Å². The van der Waals surface area contributed by atoms with Crippen molar-refractivity contribution in [3.8, 4) is 0 Å². The minimum Gasteiger partial charge on any atom is -0.357 e. The van der Waals surface area contributed by atoms with E-state index in [1.807, 2.05) is 0 Å². The van der Waals surface area contributed by atoms with Crippen molar-refractivity contribution in [2.45, 2.75) is 39.2 Å². The molecule has 0 radical (unpaired) electrons. The first-order chi connectivity index (χ1) is 6.29. The van der Waals surface area contributed by atoms with E-state index in [4.69, 9.17) is 0 Å². The lowest BCUT2D eigenvalue weighted by Crippen LogP contribution is -2.02. The number of nitrogens with one attached hydrogen (secondary N) is 1. The fraction of sp³-hybridized carbons (Fsp3) is 0.778. The van der Waals surface area contributed by atoms with Crippen LogP contribution in [0.2, 0.25) is 0 Å². The maximum absolute atomic E-state index is 4.41. The van der Waals surface area contributed by atoms with Crippen molar-refractivity contribution in [1.82, 2.24) is 9.36 Å². The lowest BCUT2D eigenvalue weighted by molar-refractivity contribution is 0.858. The Balaban J connectivity index is 1.89. The van der Waals surface area contributed by atoms with Crippen LogP contribution in [0.1, 0.15) is 32.5 Å². The number of anilines is 1. The van der Waals surface area contributed by atoms with Gasteiger partial charge in [0, 0.05) is 24.0 Å². The Morgan fingerprint density at radius 3 is 3.00 bits per heavy atom. The standard InChI is InChI=1S/C9H15N3S/c1-3-4-8-11-9(13-12-8)10-7-5-6(7)2/h6-7H,3-5H2,1-2H3,(H,10,11,12). The highest BCUT2D eigenvalue weighted by molar-refractivity contribution is 7.09. The van der Waals surface area contributed by atoms with Gasteiger partial charge >= 0.3 is 0 Å². The van der Waals surface area contributed by atoms with Crippen LogP contribution in [0.25, 0.3) is 0 Å². The van der Waals surface area contributed by atoms with Gasteiger partial charge in [-0.3, -0.25) is 0 Å². The molecule has 1 aliphatic carbocycles. The Morgan fingerprint density at radius 2 is 2.38 bits per heavy atom. The summed E-state index contributed by atoms with van der Waals surface area (Å²) in [5.74, 6) is 1.81. The zero-order chi connectivity index (χ0) is 9.26. The normalized spacial score (nSPS) is 26.0. The van der Waals surface area contributed by atoms with E-state index >= 15 is 0 Å². The lowest BCUT2D eigenvalue weighted by atomic mass is 10.3. The van der Waals surface area contributed by atoms with Gasteiger partial charge in [0.1, 0.15) is 5.82 Å². The Kier molecular flexibility index (Phi) is 2.49. The van der Waals surface area contributed by atoms with Crippen LogP contribution in [0.15, 0.2) is 0 Å². The predicted octanol–water partition coefficient (Wildman–Crippen LogP) is 2.31. The first-order valence-corrected chi connectivity index (χ1v) is 5.66. The molecule has 0 aromatic carbocycles. The highest BCUT2D eigenvalue weighted by atomic mass is 32.1. The average Bonchev–Trinajstić information content (AvgIpc) is 2.63. The molecular formula is C9H15N3S. The molecular weight excluding hydrogens is 182 g/mol. The highest BCUT2D eigenvalue weighted by Gasteiger charge is 2.33. The second kappa shape index (κ2) is 3.62. The number of hydrogen-bond donors (Lipinski definition) is 1. The molecule has 1 aliphatic rings. The summed E-state index contributed by atoms with van der Waals surface area (Å²) in [7, 11) is 0. The summed E-state index contributed by atoms with van der Waals surface area (Å²) in [5, 5.41) is 4.39. The topological polar surface area (TPSA) is 37.8 Å². The Hall–Kier alpha value is -0.640. The Morgan fingerprint density at radius 1 is 1.62 bits per heavy atom. The van der Waals surface area contributed by atoms with E-state index < -0.39 is 0 Å². The molecule has 13 heavy (non-hydrogen) atoms. The Labute approximate surface area is 82.8 Å². The summed E-state index contributed by atoms with van der Waals surface area (Å²) in [6.07, 6.45) is 3.40. The van der Waals surface area contributed by atoms with E-state index in [2.05, 4.69) is 28.5 Å². The van der Waals surface area contributed by atoms with Crippen LogP contribution in [0.3, 0.4) is 0 Å². The van der Waals surface area contributed by atoms with Gasteiger partial charge in [-0.2, -0.15) is 4.37 Å². The van der Waals surface area contributed by atoms with Gasteiger partial charge in [-0.15, -0.1) is 0 Å². The van der Waals surface area contributed by atoms with Gasteiger partial charge in [-0.05, 0) is 18.8 Å². The smallest absolute Gasteiger partial charge is 0.202 e. The SMILES string of the molecule is CCCc1nsc(NC2CC2C)n1. The molecule has 1 fully saturated rings. The van der Waals surface area contributed by atoms with Crippen molar-refractivity contribution in [1.29, 1.82) is 0 Å². The molecule has 2 rings (SSSR count). The summed E-state index contributed by atoms with van der Waals surface area (Å²) < 4.78 is 4.28. The van der Waals surface area contributed by atoms with Crippen molar-refractivity contribution < 1.29 is 0 Å². The number of aryl methyl sites for hydroxylation is 1. The van der Waals surface area contributed by atoms with E-state index in [9.17, 15) is 0 Å². The van der Waals surface area contributed by atoms with Crippen LogP contribution in [-0.4, -0.2) is 15.4 Å². The minimum absolute atomic E-state index is 0.655. The van der Waals surface area contributed by atoms with Crippen LogP contribution >= 0.6 is 11.5 Å². The number of rotatable bonds is 4. The molecule has 0 bridgehead atoms. The zero-order valence-corrected chi connectivity index (χ0v) is 8.90. The van der Waals surface area contributed by atoms with Gasteiger partial charge in [0.25, 0.3) is 0 Å². The van der Waals surface area contributed by atoms with Gasteiger partial charge < -0.3 is 5.32 Å². The molecule has 2 unspecified atom stereocenters. The Bertz CT molecular complexity index is 284. The van der Waals surface area contributed by atoms with Gasteiger partial charge in [-0.25, -0.2) is 4.98 Å². The highest BCUT2D eigenvalue weighted by Crippen LogP contribution is 2.32. The number of hydrogen-bond acceptors (Lipinski definition) is 4. The second-order valence-corrected chi connectivity index (χ2v) is 4.48. The van der Waals surface area contributed by atoms with Crippen LogP contribution in [-0.2, 0) is 6.42 Å². The van der Waals surface area contributed by atoms with Crippen LogP contribution < -0.4 is 5.32 Å². The third-order valence-corrected chi connectivity index (χ3v) is 3.04. The maximum atomic E-state index is 4.41. The van der Waals surface area contributed by atoms with Gasteiger partial charge in [0.2, 0.25) is 5.13 Å². The second-order valence-electron chi connectivity index (χ2n) is 3.73. The molecule has 0 amide bonds. The number of nitrogens with zero attached hydrogens (tertiary/aromatic N) is 2. The molecule has 4 heteroatoms. The molecule has 0 aliphatic heterocycles. The van der Waals surface area contributed by atoms with E-state index in [-0.39, 0.29) is 0 Å².